The van der Waals surface area contributed by atoms with Crippen LogP contribution >= 0.6 is 0 Å². The minimum atomic E-state index is 0.618. The van der Waals surface area contributed by atoms with Crippen molar-refractivity contribution in [2.45, 2.75) is 45.1 Å². The number of rotatable bonds is 5. The Morgan fingerprint density at radius 2 is 1.81 bits per heavy atom. The van der Waals surface area contributed by atoms with Crippen molar-refractivity contribution in [3.8, 4) is 0 Å². The lowest BCUT2D eigenvalue weighted by atomic mass is 9.99. The summed E-state index contributed by atoms with van der Waals surface area (Å²) in [6.07, 6.45) is 6.13. The Morgan fingerprint density at radius 3 is 2.52 bits per heavy atom. The lowest BCUT2D eigenvalue weighted by Crippen LogP contribution is -2.35. The molecule has 0 saturated carbocycles. The van der Waals surface area contributed by atoms with E-state index in [4.69, 9.17) is 0 Å². The molecule has 1 fully saturated rings. The number of piperidine rings is 1. The lowest BCUT2D eigenvalue weighted by Gasteiger charge is -2.26. The maximum atomic E-state index is 3.81. The van der Waals surface area contributed by atoms with Crippen molar-refractivity contribution < 1.29 is 0 Å². The number of anilines is 1. The average molecular weight is 282 g/mol. The van der Waals surface area contributed by atoms with E-state index < -0.39 is 0 Å². The molecule has 3 rings (SSSR count). The molecule has 0 radical (unpaired) electrons. The Bertz CT molecular complexity index is 585. The number of nitrogens with one attached hydrogen (secondary N) is 2. The van der Waals surface area contributed by atoms with Gasteiger partial charge in [0.1, 0.15) is 0 Å². The number of hydrogen-bond donors (Lipinski definition) is 2. The summed E-state index contributed by atoms with van der Waals surface area (Å²) in [4.78, 5) is 0. The zero-order valence-corrected chi connectivity index (χ0v) is 13.0. The smallest absolute Gasteiger partial charge is 0.0381 e. The molecule has 0 aliphatic carbocycles. The van der Waals surface area contributed by atoms with Gasteiger partial charge in [0.25, 0.3) is 0 Å². The zero-order valence-electron chi connectivity index (χ0n) is 13.0. The quantitative estimate of drug-likeness (QED) is 0.852. The number of benzene rings is 2. The normalized spacial score (nSPS) is 16.2. The van der Waals surface area contributed by atoms with Crippen LogP contribution in [0.15, 0.2) is 36.4 Å². The van der Waals surface area contributed by atoms with Gasteiger partial charge >= 0.3 is 0 Å². The monoisotopic (exact) mass is 282 g/mol. The van der Waals surface area contributed by atoms with E-state index in [-0.39, 0.29) is 0 Å². The van der Waals surface area contributed by atoms with Crippen molar-refractivity contribution in [1.29, 1.82) is 0 Å². The highest BCUT2D eigenvalue weighted by atomic mass is 15.0. The molecule has 0 atom stereocenters. The van der Waals surface area contributed by atoms with Crippen LogP contribution in [-0.2, 0) is 6.42 Å². The molecule has 2 aromatic carbocycles. The molecule has 0 unspecified atom stereocenters. The number of hydrogen-bond acceptors (Lipinski definition) is 2. The van der Waals surface area contributed by atoms with Gasteiger partial charge in [0.05, 0.1) is 0 Å². The first-order chi connectivity index (χ1) is 10.4. The Morgan fingerprint density at radius 1 is 1.10 bits per heavy atom. The molecule has 1 heterocycles. The van der Waals surface area contributed by atoms with Gasteiger partial charge in [0.2, 0.25) is 0 Å². The minimum absolute atomic E-state index is 0.618. The van der Waals surface area contributed by atoms with Crippen LogP contribution < -0.4 is 10.6 Å². The fraction of sp³-hybridized carbons (Fsp3) is 0.474. The molecule has 1 saturated heterocycles. The van der Waals surface area contributed by atoms with E-state index in [1.807, 2.05) is 0 Å². The van der Waals surface area contributed by atoms with Gasteiger partial charge < -0.3 is 10.6 Å². The zero-order chi connectivity index (χ0) is 14.5. The van der Waals surface area contributed by atoms with Gasteiger partial charge in [-0.15, -0.1) is 0 Å². The Balaban J connectivity index is 1.88. The molecule has 21 heavy (non-hydrogen) atoms. The highest BCUT2D eigenvalue weighted by Gasteiger charge is 2.14. The first-order valence-electron chi connectivity index (χ1n) is 8.35. The predicted octanol–water partition coefficient (Wildman–Crippen LogP) is 4.35. The molecule has 2 aromatic rings. The molecule has 1 aliphatic rings. The largest absolute Gasteiger partial charge is 0.382 e. The fourth-order valence-electron chi connectivity index (χ4n) is 3.18. The van der Waals surface area contributed by atoms with Crippen LogP contribution in [0.25, 0.3) is 10.8 Å². The molecule has 112 valence electrons. The van der Waals surface area contributed by atoms with Gasteiger partial charge in [-0.25, -0.2) is 0 Å². The van der Waals surface area contributed by atoms with Crippen LogP contribution in [0.3, 0.4) is 0 Å². The molecule has 0 amide bonds. The third-order valence-corrected chi connectivity index (χ3v) is 4.47. The van der Waals surface area contributed by atoms with E-state index in [0.717, 1.165) is 13.1 Å². The second kappa shape index (κ2) is 6.95. The van der Waals surface area contributed by atoms with Crippen LogP contribution in [0.1, 0.15) is 38.2 Å². The van der Waals surface area contributed by atoms with Crippen molar-refractivity contribution in [1.82, 2.24) is 5.32 Å². The van der Waals surface area contributed by atoms with Crippen molar-refractivity contribution in [2.75, 3.05) is 18.4 Å². The van der Waals surface area contributed by atoms with Gasteiger partial charge in [-0.3, -0.25) is 0 Å². The summed E-state index contributed by atoms with van der Waals surface area (Å²) in [5, 5.41) is 9.95. The summed E-state index contributed by atoms with van der Waals surface area (Å²) < 4.78 is 0. The summed E-state index contributed by atoms with van der Waals surface area (Å²) in [5.74, 6) is 0. The topological polar surface area (TPSA) is 24.1 Å². The summed E-state index contributed by atoms with van der Waals surface area (Å²) in [5.41, 5.74) is 2.84. The maximum absolute atomic E-state index is 3.81. The maximum Gasteiger partial charge on any atom is 0.0381 e. The van der Waals surface area contributed by atoms with E-state index in [2.05, 4.69) is 54.0 Å². The predicted molar refractivity (Wildman–Crippen MR) is 92.1 cm³/mol. The van der Waals surface area contributed by atoms with E-state index >= 15 is 0 Å². The van der Waals surface area contributed by atoms with Crippen LogP contribution in [-0.4, -0.2) is 19.1 Å². The molecule has 2 nitrogen and oxygen atoms in total. The summed E-state index contributed by atoms with van der Waals surface area (Å²) in [6, 6.07) is 14.0. The number of unbranched alkanes of at least 4 members (excludes halogenated alkanes) is 1. The third kappa shape index (κ3) is 3.56. The molecule has 2 N–H and O–H groups in total. The van der Waals surface area contributed by atoms with Crippen LogP contribution in [0.2, 0.25) is 0 Å². The van der Waals surface area contributed by atoms with E-state index in [9.17, 15) is 0 Å². The first kappa shape index (κ1) is 14.4. The van der Waals surface area contributed by atoms with Gasteiger partial charge in [-0.05, 0) is 67.2 Å². The Hall–Kier alpha value is -1.54. The SMILES string of the molecule is CCCCc1cc2ccccc2cc1NC1CCNCC1. The van der Waals surface area contributed by atoms with Gasteiger partial charge in [-0.1, -0.05) is 37.6 Å². The third-order valence-electron chi connectivity index (χ3n) is 4.47. The molecule has 1 aliphatic heterocycles. The molecular formula is C19H26N2. The van der Waals surface area contributed by atoms with E-state index in [0.29, 0.717) is 6.04 Å². The summed E-state index contributed by atoms with van der Waals surface area (Å²) >= 11 is 0. The number of aryl methyl sites for hydroxylation is 1. The standard InChI is InChI=1S/C19H26N2/c1-2-3-6-17-13-15-7-4-5-8-16(15)14-19(17)21-18-9-11-20-12-10-18/h4-5,7-8,13-14,18,20-21H,2-3,6,9-12H2,1H3. The molecular weight excluding hydrogens is 256 g/mol. The summed E-state index contributed by atoms with van der Waals surface area (Å²) in [6.45, 7) is 4.53. The Labute approximate surface area is 127 Å². The van der Waals surface area contributed by atoms with Crippen molar-refractivity contribution in [3.05, 3.63) is 42.0 Å². The second-order valence-electron chi connectivity index (χ2n) is 6.13. The van der Waals surface area contributed by atoms with E-state index in [1.165, 1.54) is 54.1 Å². The minimum Gasteiger partial charge on any atom is -0.382 e. The second-order valence-corrected chi connectivity index (χ2v) is 6.13. The van der Waals surface area contributed by atoms with Crippen LogP contribution in [0.5, 0.6) is 0 Å². The fourth-order valence-corrected chi connectivity index (χ4v) is 3.18. The molecule has 0 aromatic heterocycles. The van der Waals surface area contributed by atoms with Crippen molar-refractivity contribution in [2.24, 2.45) is 0 Å². The first-order valence-corrected chi connectivity index (χ1v) is 8.35. The molecule has 0 spiro atoms. The lowest BCUT2D eigenvalue weighted by molar-refractivity contribution is 0.479. The highest BCUT2D eigenvalue weighted by Crippen LogP contribution is 2.27. The Kier molecular flexibility index (Phi) is 4.76. The van der Waals surface area contributed by atoms with Gasteiger partial charge in [-0.2, -0.15) is 0 Å². The summed E-state index contributed by atoms with van der Waals surface area (Å²) in [7, 11) is 0. The van der Waals surface area contributed by atoms with E-state index in [1.54, 1.807) is 0 Å². The van der Waals surface area contributed by atoms with Gasteiger partial charge in [0, 0.05) is 11.7 Å². The molecule has 0 bridgehead atoms. The average Bonchev–Trinajstić information content (AvgIpc) is 2.54. The number of fused-ring (bicyclic) bond motifs is 1. The van der Waals surface area contributed by atoms with Crippen LogP contribution in [0, 0.1) is 0 Å². The van der Waals surface area contributed by atoms with Crippen LogP contribution in [0.4, 0.5) is 5.69 Å². The molecule has 2 heteroatoms. The van der Waals surface area contributed by atoms with Gasteiger partial charge in [0.15, 0.2) is 0 Å². The van der Waals surface area contributed by atoms with Crippen molar-refractivity contribution in [3.63, 3.8) is 0 Å². The highest BCUT2D eigenvalue weighted by molar-refractivity contribution is 5.87. The van der Waals surface area contributed by atoms with Crippen molar-refractivity contribution >= 4 is 16.5 Å².